The van der Waals surface area contributed by atoms with Crippen molar-refractivity contribution in [3.8, 4) is 0 Å². The van der Waals surface area contributed by atoms with Gasteiger partial charge in [0.25, 0.3) is 0 Å². The van der Waals surface area contributed by atoms with Crippen LogP contribution < -0.4 is 0 Å². The summed E-state index contributed by atoms with van der Waals surface area (Å²) in [5.41, 5.74) is 0. The van der Waals surface area contributed by atoms with Crippen LogP contribution in [0.25, 0.3) is 0 Å². The van der Waals surface area contributed by atoms with Crippen LogP contribution in [-0.4, -0.2) is 17.2 Å². The highest BCUT2D eigenvalue weighted by Gasteiger charge is 2.05. The van der Waals surface area contributed by atoms with Crippen molar-refractivity contribution >= 4 is 5.97 Å². The molecule has 0 aliphatic carbocycles. The Bertz CT molecular complexity index is 202. The molecular formula is C14H26O3. The molecule has 0 aromatic rings. The zero-order valence-electron chi connectivity index (χ0n) is 11.0. The minimum absolute atomic E-state index is 0.206. The Labute approximate surface area is 105 Å². The summed E-state index contributed by atoms with van der Waals surface area (Å²) in [6.45, 7) is 5.50. The van der Waals surface area contributed by atoms with Gasteiger partial charge in [0.05, 0.1) is 12.4 Å². The van der Waals surface area contributed by atoms with Crippen LogP contribution in [0.5, 0.6) is 0 Å². The Morgan fingerprint density at radius 2 is 1.88 bits per heavy atom. The lowest BCUT2D eigenvalue weighted by Gasteiger charge is -2.09. The van der Waals surface area contributed by atoms with E-state index in [1.165, 1.54) is 19.3 Å². The van der Waals surface area contributed by atoms with Crippen molar-refractivity contribution in [1.29, 1.82) is 0 Å². The monoisotopic (exact) mass is 242 g/mol. The molecule has 3 nitrogen and oxygen atoms in total. The first kappa shape index (κ1) is 16.2. The average molecular weight is 242 g/mol. The van der Waals surface area contributed by atoms with Crippen LogP contribution in [0.1, 0.15) is 64.7 Å². The van der Waals surface area contributed by atoms with Crippen molar-refractivity contribution in [3.63, 3.8) is 0 Å². The van der Waals surface area contributed by atoms with Crippen LogP contribution in [0.15, 0.2) is 12.8 Å². The lowest BCUT2D eigenvalue weighted by Crippen LogP contribution is -2.07. The highest BCUT2D eigenvalue weighted by molar-refractivity contribution is 5.69. The molecule has 0 saturated heterocycles. The Morgan fingerprint density at radius 1 is 1.24 bits per heavy atom. The molecule has 0 heterocycles. The topological polar surface area (TPSA) is 46.5 Å². The van der Waals surface area contributed by atoms with Crippen molar-refractivity contribution in [2.24, 2.45) is 0 Å². The van der Waals surface area contributed by atoms with E-state index in [1.54, 1.807) is 0 Å². The summed E-state index contributed by atoms with van der Waals surface area (Å²) in [5.74, 6) is -0.238. The second kappa shape index (κ2) is 11.6. The minimum Gasteiger partial charge on any atom is -0.435 e. The van der Waals surface area contributed by atoms with Crippen molar-refractivity contribution in [2.45, 2.75) is 70.8 Å². The predicted octanol–water partition coefficient (Wildman–Crippen LogP) is 3.56. The third kappa shape index (κ3) is 11.4. The molecule has 0 spiro atoms. The van der Waals surface area contributed by atoms with E-state index < -0.39 is 0 Å². The molecule has 0 aliphatic rings. The quantitative estimate of drug-likeness (QED) is 0.342. The average Bonchev–Trinajstić information content (AvgIpc) is 2.31. The molecule has 100 valence electrons. The van der Waals surface area contributed by atoms with Gasteiger partial charge in [-0.2, -0.15) is 0 Å². The zero-order valence-corrected chi connectivity index (χ0v) is 11.0. The van der Waals surface area contributed by atoms with Gasteiger partial charge in [-0.15, -0.1) is 0 Å². The lowest BCUT2D eigenvalue weighted by molar-refractivity contribution is -0.138. The van der Waals surface area contributed by atoms with Gasteiger partial charge in [-0.05, 0) is 19.3 Å². The Morgan fingerprint density at radius 3 is 2.47 bits per heavy atom. The van der Waals surface area contributed by atoms with Gasteiger partial charge in [-0.1, -0.05) is 45.6 Å². The number of carbonyl (C=O) groups is 1. The van der Waals surface area contributed by atoms with Gasteiger partial charge >= 0.3 is 5.97 Å². The zero-order chi connectivity index (χ0) is 12.9. The highest BCUT2D eigenvalue weighted by Crippen LogP contribution is 2.11. The second-order valence-corrected chi connectivity index (χ2v) is 4.41. The number of ether oxygens (including phenoxy) is 1. The van der Waals surface area contributed by atoms with Gasteiger partial charge in [-0.3, -0.25) is 4.79 Å². The van der Waals surface area contributed by atoms with E-state index in [4.69, 9.17) is 0 Å². The molecule has 1 unspecified atom stereocenters. The summed E-state index contributed by atoms with van der Waals surface area (Å²) in [7, 11) is 0. The van der Waals surface area contributed by atoms with Crippen LogP contribution in [-0.2, 0) is 9.53 Å². The van der Waals surface area contributed by atoms with Gasteiger partial charge in [0.1, 0.15) is 0 Å². The third-order valence-corrected chi connectivity index (χ3v) is 2.77. The molecule has 0 aromatic heterocycles. The molecule has 3 heteroatoms. The van der Waals surface area contributed by atoms with Crippen LogP contribution in [0, 0.1) is 0 Å². The molecule has 0 saturated carbocycles. The fourth-order valence-electron chi connectivity index (χ4n) is 1.75. The van der Waals surface area contributed by atoms with E-state index in [-0.39, 0.29) is 12.1 Å². The summed E-state index contributed by atoms with van der Waals surface area (Å²) in [5, 5.41) is 9.68. The van der Waals surface area contributed by atoms with Gasteiger partial charge in [0.15, 0.2) is 0 Å². The van der Waals surface area contributed by atoms with E-state index in [2.05, 4.69) is 18.2 Å². The van der Waals surface area contributed by atoms with E-state index in [9.17, 15) is 9.90 Å². The highest BCUT2D eigenvalue weighted by atomic mass is 16.5. The van der Waals surface area contributed by atoms with E-state index in [0.29, 0.717) is 6.42 Å². The standard InChI is InChI=1S/C14H26O3/c1-3-5-6-7-10-13(15)11-8-9-12-14(16)17-4-2/h4,13,15H,2-3,5-12H2,1H3. The maximum atomic E-state index is 11.0. The van der Waals surface area contributed by atoms with Crippen LogP contribution in [0.4, 0.5) is 0 Å². The first-order valence-corrected chi connectivity index (χ1v) is 6.69. The molecule has 0 amide bonds. The second-order valence-electron chi connectivity index (χ2n) is 4.41. The van der Waals surface area contributed by atoms with Crippen molar-refractivity contribution in [1.82, 2.24) is 0 Å². The van der Waals surface area contributed by atoms with Crippen LogP contribution in [0.2, 0.25) is 0 Å². The molecule has 0 fully saturated rings. The van der Waals surface area contributed by atoms with Gasteiger partial charge in [-0.25, -0.2) is 0 Å². The predicted molar refractivity (Wildman–Crippen MR) is 69.5 cm³/mol. The third-order valence-electron chi connectivity index (χ3n) is 2.77. The fourth-order valence-corrected chi connectivity index (χ4v) is 1.75. The normalized spacial score (nSPS) is 12.1. The lowest BCUT2D eigenvalue weighted by atomic mass is 10.0. The summed E-state index contributed by atoms with van der Waals surface area (Å²) in [6.07, 6.45) is 9.47. The van der Waals surface area contributed by atoms with Crippen molar-refractivity contribution < 1.29 is 14.6 Å². The summed E-state index contributed by atoms with van der Waals surface area (Å²) in [6, 6.07) is 0. The molecule has 1 N–H and O–H groups in total. The number of hydrogen-bond acceptors (Lipinski definition) is 3. The smallest absolute Gasteiger partial charge is 0.310 e. The molecule has 0 aromatic carbocycles. The number of hydrogen-bond donors (Lipinski definition) is 1. The number of rotatable bonds is 11. The minimum atomic E-state index is -0.238. The maximum Gasteiger partial charge on any atom is 0.310 e. The summed E-state index contributed by atoms with van der Waals surface area (Å²) in [4.78, 5) is 11.0. The Kier molecular flexibility index (Phi) is 11.1. The summed E-state index contributed by atoms with van der Waals surface area (Å²) < 4.78 is 4.60. The molecule has 0 aliphatic heterocycles. The van der Waals surface area contributed by atoms with E-state index in [1.807, 2.05) is 0 Å². The largest absolute Gasteiger partial charge is 0.435 e. The number of unbranched alkanes of at least 4 members (excludes halogenated alkanes) is 4. The number of carbonyl (C=O) groups excluding carboxylic acids is 1. The van der Waals surface area contributed by atoms with Gasteiger partial charge in [0.2, 0.25) is 0 Å². The molecule has 1 atom stereocenters. The van der Waals surface area contributed by atoms with Crippen molar-refractivity contribution in [2.75, 3.05) is 0 Å². The summed E-state index contributed by atoms with van der Waals surface area (Å²) >= 11 is 0. The number of aliphatic hydroxyl groups excluding tert-OH is 1. The first-order valence-electron chi connectivity index (χ1n) is 6.69. The van der Waals surface area contributed by atoms with E-state index in [0.717, 1.165) is 38.4 Å². The van der Waals surface area contributed by atoms with Gasteiger partial charge < -0.3 is 9.84 Å². The fraction of sp³-hybridized carbons (Fsp3) is 0.786. The number of aliphatic hydroxyl groups is 1. The molecule has 0 rings (SSSR count). The maximum absolute atomic E-state index is 11.0. The van der Waals surface area contributed by atoms with Crippen LogP contribution >= 0.6 is 0 Å². The van der Waals surface area contributed by atoms with Gasteiger partial charge in [0, 0.05) is 6.42 Å². The molecular weight excluding hydrogens is 216 g/mol. The Balaban J connectivity index is 3.29. The van der Waals surface area contributed by atoms with Crippen LogP contribution in [0.3, 0.4) is 0 Å². The Hall–Kier alpha value is -0.830. The number of esters is 1. The molecule has 17 heavy (non-hydrogen) atoms. The van der Waals surface area contributed by atoms with E-state index >= 15 is 0 Å². The first-order chi connectivity index (χ1) is 8.20. The molecule has 0 bridgehead atoms. The molecule has 0 radical (unpaired) electrons. The SMILES string of the molecule is C=COC(=O)CCCCC(O)CCCCCC. The van der Waals surface area contributed by atoms with Crippen molar-refractivity contribution in [3.05, 3.63) is 12.8 Å².